The standard InChI is InChI=1S/C19H24N4O2/c1-15-12-18(25)23(19(21-15)22-10-6-3-7-11-22)14-17(24)20-13-16-8-4-2-5-9-16/h2,4-5,8-9,12H,3,6-7,10-11,13-14H2,1H3,(H,20,24). The number of nitrogens with one attached hydrogen (secondary N) is 1. The van der Waals surface area contributed by atoms with E-state index in [1.807, 2.05) is 37.3 Å². The first-order chi connectivity index (χ1) is 12.1. The number of carbonyl (C=O) groups is 1. The Morgan fingerprint density at radius 1 is 1.16 bits per heavy atom. The number of amides is 1. The van der Waals surface area contributed by atoms with Crippen LogP contribution in [-0.4, -0.2) is 28.5 Å². The Kier molecular flexibility index (Phi) is 5.48. The second-order valence-electron chi connectivity index (χ2n) is 6.43. The minimum Gasteiger partial charge on any atom is -0.350 e. The molecule has 1 aromatic heterocycles. The van der Waals surface area contributed by atoms with Gasteiger partial charge >= 0.3 is 0 Å². The monoisotopic (exact) mass is 340 g/mol. The van der Waals surface area contributed by atoms with Gasteiger partial charge in [0.25, 0.3) is 5.56 Å². The smallest absolute Gasteiger partial charge is 0.255 e. The molecular weight excluding hydrogens is 316 g/mol. The molecule has 3 rings (SSSR count). The van der Waals surface area contributed by atoms with E-state index in [1.165, 1.54) is 17.1 Å². The number of anilines is 1. The van der Waals surface area contributed by atoms with Gasteiger partial charge in [-0.2, -0.15) is 0 Å². The summed E-state index contributed by atoms with van der Waals surface area (Å²) in [6.45, 7) is 4.01. The normalized spacial score (nSPS) is 14.4. The minimum absolute atomic E-state index is 0.00915. The van der Waals surface area contributed by atoms with E-state index in [4.69, 9.17) is 0 Å². The summed E-state index contributed by atoms with van der Waals surface area (Å²) in [6.07, 6.45) is 3.37. The summed E-state index contributed by atoms with van der Waals surface area (Å²) >= 11 is 0. The topological polar surface area (TPSA) is 67.2 Å². The van der Waals surface area contributed by atoms with Gasteiger partial charge in [-0.05, 0) is 31.7 Å². The zero-order valence-corrected chi connectivity index (χ0v) is 14.6. The summed E-state index contributed by atoms with van der Waals surface area (Å²) in [5, 5.41) is 2.87. The van der Waals surface area contributed by atoms with Gasteiger partial charge in [0.2, 0.25) is 11.9 Å². The molecule has 2 aromatic rings. The van der Waals surface area contributed by atoms with Crippen molar-refractivity contribution in [1.29, 1.82) is 0 Å². The SMILES string of the molecule is Cc1cc(=O)n(CC(=O)NCc2ccccc2)c(N2CCCCC2)n1. The number of hydrogen-bond acceptors (Lipinski definition) is 4. The van der Waals surface area contributed by atoms with Crippen LogP contribution in [0.5, 0.6) is 0 Å². The molecule has 0 atom stereocenters. The Bertz CT molecular complexity index is 780. The maximum Gasteiger partial charge on any atom is 0.255 e. The molecule has 0 unspecified atom stereocenters. The lowest BCUT2D eigenvalue weighted by atomic mass is 10.1. The summed E-state index contributed by atoms with van der Waals surface area (Å²) in [5.74, 6) is 0.425. The van der Waals surface area contributed by atoms with Crippen LogP contribution in [-0.2, 0) is 17.9 Å². The van der Waals surface area contributed by atoms with Gasteiger partial charge in [0.05, 0.1) is 0 Å². The Morgan fingerprint density at radius 2 is 1.88 bits per heavy atom. The van der Waals surface area contributed by atoms with E-state index >= 15 is 0 Å². The van der Waals surface area contributed by atoms with E-state index in [-0.39, 0.29) is 18.0 Å². The molecule has 25 heavy (non-hydrogen) atoms. The molecular formula is C19H24N4O2. The van der Waals surface area contributed by atoms with Crippen molar-refractivity contribution in [1.82, 2.24) is 14.9 Å². The van der Waals surface area contributed by atoms with Crippen LogP contribution in [0.2, 0.25) is 0 Å². The molecule has 0 aliphatic carbocycles. The van der Waals surface area contributed by atoms with Crippen LogP contribution in [0.4, 0.5) is 5.95 Å². The largest absolute Gasteiger partial charge is 0.350 e. The minimum atomic E-state index is -0.185. The van der Waals surface area contributed by atoms with Crippen LogP contribution in [0.1, 0.15) is 30.5 Å². The average Bonchev–Trinajstić information content (AvgIpc) is 2.63. The van der Waals surface area contributed by atoms with Gasteiger partial charge in [-0.3, -0.25) is 14.2 Å². The van der Waals surface area contributed by atoms with Crippen LogP contribution in [0.15, 0.2) is 41.2 Å². The number of benzene rings is 1. The maximum atomic E-state index is 12.4. The second kappa shape index (κ2) is 7.96. The summed E-state index contributed by atoms with van der Waals surface area (Å²) < 4.78 is 1.48. The third kappa shape index (κ3) is 4.47. The Hall–Kier alpha value is -2.63. The number of piperidine rings is 1. The van der Waals surface area contributed by atoms with Gasteiger partial charge in [0.15, 0.2) is 0 Å². The zero-order chi connectivity index (χ0) is 17.6. The van der Waals surface area contributed by atoms with E-state index in [1.54, 1.807) is 0 Å². The molecule has 0 saturated carbocycles. The predicted molar refractivity (Wildman–Crippen MR) is 97.6 cm³/mol. The van der Waals surface area contributed by atoms with Crippen molar-refractivity contribution in [3.8, 4) is 0 Å². The number of rotatable bonds is 5. The van der Waals surface area contributed by atoms with Crippen molar-refractivity contribution in [2.24, 2.45) is 0 Å². The number of nitrogens with zero attached hydrogens (tertiary/aromatic N) is 3. The average molecular weight is 340 g/mol. The fraction of sp³-hybridized carbons (Fsp3) is 0.421. The lowest BCUT2D eigenvalue weighted by molar-refractivity contribution is -0.121. The molecule has 1 amide bonds. The number of aromatic nitrogens is 2. The van der Waals surface area contributed by atoms with E-state index in [0.717, 1.165) is 31.5 Å². The Balaban J connectivity index is 1.74. The van der Waals surface area contributed by atoms with Gasteiger partial charge in [0.1, 0.15) is 6.54 Å². The lowest BCUT2D eigenvalue weighted by Crippen LogP contribution is -2.39. The molecule has 0 spiro atoms. The highest BCUT2D eigenvalue weighted by Gasteiger charge is 2.19. The number of carbonyl (C=O) groups excluding carboxylic acids is 1. The van der Waals surface area contributed by atoms with Crippen LogP contribution in [0, 0.1) is 6.92 Å². The van der Waals surface area contributed by atoms with Gasteiger partial charge in [0, 0.05) is 31.4 Å². The summed E-state index contributed by atoms with van der Waals surface area (Å²) in [6, 6.07) is 11.2. The molecule has 2 heterocycles. The molecule has 6 nitrogen and oxygen atoms in total. The first kappa shape index (κ1) is 17.2. The van der Waals surface area contributed by atoms with Crippen molar-refractivity contribution in [3.63, 3.8) is 0 Å². The highest BCUT2D eigenvalue weighted by atomic mass is 16.2. The number of aryl methyl sites for hydroxylation is 1. The van der Waals surface area contributed by atoms with Crippen LogP contribution >= 0.6 is 0 Å². The van der Waals surface area contributed by atoms with Gasteiger partial charge in [-0.25, -0.2) is 4.98 Å². The first-order valence-electron chi connectivity index (χ1n) is 8.77. The molecule has 1 N–H and O–H groups in total. The fourth-order valence-electron chi connectivity index (χ4n) is 3.09. The van der Waals surface area contributed by atoms with Crippen molar-refractivity contribution in [3.05, 3.63) is 58.0 Å². The third-order valence-corrected chi connectivity index (χ3v) is 4.39. The lowest BCUT2D eigenvalue weighted by Gasteiger charge is -2.29. The summed E-state index contributed by atoms with van der Waals surface area (Å²) in [7, 11) is 0. The highest BCUT2D eigenvalue weighted by Crippen LogP contribution is 2.16. The van der Waals surface area contributed by atoms with Crippen LogP contribution in [0.25, 0.3) is 0 Å². The highest BCUT2D eigenvalue weighted by molar-refractivity contribution is 5.76. The summed E-state index contributed by atoms with van der Waals surface area (Å²) in [5.41, 5.74) is 1.54. The predicted octanol–water partition coefficient (Wildman–Crippen LogP) is 1.86. The molecule has 1 aliphatic heterocycles. The van der Waals surface area contributed by atoms with Crippen LogP contribution in [0.3, 0.4) is 0 Å². The van der Waals surface area contributed by atoms with Crippen LogP contribution < -0.4 is 15.8 Å². The van der Waals surface area contributed by atoms with Crippen molar-refractivity contribution < 1.29 is 4.79 Å². The van der Waals surface area contributed by atoms with E-state index in [2.05, 4.69) is 15.2 Å². The van der Waals surface area contributed by atoms with Gasteiger partial charge < -0.3 is 10.2 Å². The number of hydrogen-bond donors (Lipinski definition) is 1. The van der Waals surface area contributed by atoms with Gasteiger partial charge in [-0.1, -0.05) is 30.3 Å². The molecule has 1 aromatic carbocycles. The quantitative estimate of drug-likeness (QED) is 0.902. The summed E-state index contributed by atoms with van der Waals surface area (Å²) in [4.78, 5) is 31.4. The molecule has 0 bridgehead atoms. The van der Waals surface area contributed by atoms with E-state index in [0.29, 0.717) is 18.2 Å². The molecule has 1 saturated heterocycles. The fourth-order valence-corrected chi connectivity index (χ4v) is 3.09. The maximum absolute atomic E-state index is 12.4. The zero-order valence-electron chi connectivity index (χ0n) is 14.6. The molecule has 0 radical (unpaired) electrons. The Labute approximate surface area is 147 Å². The van der Waals surface area contributed by atoms with E-state index in [9.17, 15) is 9.59 Å². The van der Waals surface area contributed by atoms with Crippen molar-refractivity contribution in [2.45, 2.75) is 39.3 Å². The first-order valence-corrected chi connectivity index (χ1v) is 8.77. The second-order valence-corrected chi connectivity index (χ2v) is 6.43. The van der Waals surface area contributed by atoms with Crippen molar-refractivity contribution in [2.75, 3.05) is 18.0 Å². The third-order valence-electron chi connectivity index (χ3n) is 4.39. The van der Waals surface area contributed by atoms with E-state index < -0.39 is 0 Å². The molecule has 132 valence electrons. The Morgan fingerprint density at radius 3 is 2.60 bits per heavy atom. The molecule has 1 aliphatic rings. The van der Waals surface area contributed by atoms with Gasteiger partial charge in [-0.15, -0.1) is 0 Å². The molecule has 6 heteroatoms. The molecule has 1 fully saturated rings. The van der Waals surface area contributed by atoms with Crippen molar-refractivity contribution >= 4 is 11.9 Å².